The molecule has 0 saturated heterocycles. The first-order valence-corrected chi connectivity index (χ1v) is 3.63. The minimum atomic E-state index is 0.759. The van der Waals surface area contributed by atoms with Crippen LogP contribution in [0.25, 0.3) is 0 Å². The Hall–Kier alpha value is -1.77. The zero-order chi connectivity index (χ0) is 8.65. The highest BCUT2D eigenvalue weighted by Crippen LogP contribution is 1.92. The van der Waals surface area contributed by atoms with Crippen molar-refractivity contribution >= 4 is 5.69 Å². The standard InChI is InChI=1S/C5H6N2.C4H5N/c6-5-1-3-7-4-2-5;1-2-4-5-3-1/h1-4H,(H2,6,7);1-5H. The Balaban J connectivity index is 0.000000127. The number of pyridine rings is 1. The van der Waals surface area contributed by atoms with Gasteiger partial charge in [-0.1, -0.05) is 0 Å². The topological polar surface area (TPSA) is 54.7 Å². The van der Waals surface area contributed by atoms with Crippen molar-refractivity contribution in [2.45, 2.75) is 0 Å². The van der Waals surface area contributed by atoms with Crippen molar-refractivity contribution in [3.63, 3.8) is 0 Å². The first-order valence-electron chi connectivity index (χ1n) is 3.63. The molecule has 0 radical (unpaired) electrons. The summed E-state index contributed by atoms with van der Waals surface area (Å²) in [5.41, 5.74) is 6.08. The van der Waals surface area contributed by atoms with Gasteiger partial charge in [0.05, 0.1) is 0 Å². The van der Waals surface area contributed by atoms with Gasteiger partial charge in [0.25, 0.3) is 0 Å². The summed E-state index contributed by atoms with van der Waals surface area (Å²) in [6, 6.07) is 7.39. The van der Waals surface area contributed by atoms with Crippen LogP contribution in [-0.4, -0.2) is 9.97 Å². The van der Waals surface area contributed by atoms with E-state index in [-0.39, 0.29) is 0 Å². The summed E-state index contributed by atoms with van der Waals surface area (Å²) in [6.45, 7) is 0. The van der Waals surface area contributed by atoms with Crippen molar-refractivity contribution in [1.29, 1.82) is 0 Å². The molecular formula is C9H11N3. The number of aromatic nitrogens is 2. The molecule has 0 unspecified atom stereocenters. The SMILES string of the molecule is Nc1ccncc1.c1cc[nH]c1. The zero-order valence-corrected chi connectivity index (χ0v) is 6.64. The first-order chi connectivity index (χ1) is 5.89. The molecule has 62 valence electrons. The van der Waals surface area contributed by atoms with Crippen molar-refractivity contribution in [1.82, 2.24) is 9.97 Å². The molecule has 0 aliphatic carbocycles. The van der Waals surface area contributed by atoms with Gasteiger partial charge in [-0.25, -0.2) is 0 Å². The zero-order valence-electron chi connectivity index (χ0n) is 6.64. The Labute approximate surface area is 71.3 Å². The number of hydrogen-bond donors (Lipinski definition) is 2. The van der Waals surface area contributed by atoms with Gasteiger partial charge < -0.3 is 10.7 Å². The summed E-state index contributed by atoms with van der Waals surface area (Å²) in [5, 5.41) is 0. The van der Waals surface area contributed by atoms with Gasteiger partial charge >= 0.3 is 0 Å². The van der Waals surface area contributed by atoms with Gasteiger partial charge in [-0.3, -0.25) is 4.98 Å². The molecule has 0 aliphatic rings. The maximum Gasteiger partial charge on any atom is 0.0344 e. The fraction of sp³-hybridized carbons (Fsp3) is 0. The van der Waals surface area contributed by atoms with Crippen molar-refractivity contribution in [2.24, 2.45) is 0 Å². The first kappa shape index (κ1) is 8.33. The molecule has 2 aromatic heterocycles. The predicted molar refractivity (Wildman–Crippen MR) is 49.4 cm³/mol. The molecule has 0 atom stereocenters. The molecule has 0 aromatic carbocycles. The van der Waals surface area contributed by atoms with Crippen molar-refractivity contribution in [3.05, 3.63) is 49.1 Å². The van der Waals surface area contributed by atoms with E-state index < -0.39 is 0 Å². The van der Waals surface area contributed by atoms with E-state index >= 15 is 0 Å². The second-order valence-corrected chi connectivity index (χ2v) is 2.17. The number of aromatic amines is 1. The minimum absolute atomic E-state index is 0.759. The Morgan fingerprint density at radius 2 is 1.67 bits per heavy atom. The maximum absolute atomic E-state index is 5.32. The number of nitrogen functional groups attached to an aromatic ring is 1. The largest absolute Gasteiger partial charge is 0.399 e. The van der Waals surface area contributed by atoms with Gasteiger partial charge in [-0.2, -0.15) is 0 Å². The van der Waals surface area contributed by atoms with Crippen LogP contribution >= 0.6 is 0 Å². The summed E-state index contributed by atoms with van der Waals surface area (Å²) in [6.07, 6.45) is 7.07. The van der Waals surface area contributed by atoms with Crippen LogP contribution in [0.4, 0.5) is 5.69 Å². The van der Waals surface area contributed by atoms with Crippen molar-refractivity contribution in [2.75, 3.05) is 5.73 Å². The smallest absolute Gasteiger partial charge is 0.0344 e. The second-order valence-electron chi connectivity index (χ2n) is 2.17. The van der Waals surface area contributed by atoms with Crippen LogP contribution in [0.15, 0.2) is 49.1 Å². The van der Waals surface area contributed by atoms with Crippen molar-refractivity contribution < 1.29 is 0 Å². The van der Waals surface area contributed by atoms with Gasteiger partial charge in [0, 0.05) is 30.5 Å². The molecule has 0 saturated carbocycles. The van der Waals surface area contributed by atoms with Crippen molar-refractivity contribution in [3.8, 4) is 0 Å². The van der Waals surface area contributed by atoms with Gasteiger partial charge in [0.15, 0.2) is 0 Å². The molecular weight excluding hydrogens is 150 g/mol. The summed E-state index contributed by atoms with van der Waals surface area (Å²) in [7, 11) is 0. The Morgan fingerprint density at radius 3 is 1.92 bits per heavy atom. The number of hydrogen-bond acceptors (Lipinski definition) is 2. The van der Waals surface area contributed by atoms with Crippen LogP contribution in [0.5, 0.6) is 0 Å². The van der Waals surface area contributed by atoms with E-state index in [4.69, 9.17) is 5.73 Å². The molecule has 0 amide bonds. The summed E-state index contributed by atoms with van der Waals surface area (Å²) in [4.78, 5) is 6.63. The fourth-order valence-corrected chi connectivity index (χ4v) is 0.641. The van der Waals surface area contributed by atoms with Gasteiger partial charge in [-0.05, 0) is 24.3 Å². The maximum atomic E-state index is 5.32. The molecule has 3 N–H and O–H groups in total. The third-order valence-electron chi connectivity index (χ3n) is 1.20. The number of nitrogens with one attached hydrogen (secondary N) is 1. The monoisotopic (exact) mass is 161 g/mol. The van der Waals surface area contributed by atoms with Crippen LogP contribution in [0, 0.1) is 0 Å². The molecule has 2 rings (SSSR count). The molecule has 3 heteroatoms. The average molecular weight is 161 g/mol. The molecule has 2 aromatic rings. The number of rotatable bonds is 0. The molecule has 0 fully saturated rings. The van der Waals surface area contributed by atoms with E-state index in [0.29, 0.717) is 0 Å². The predicted octanol–water partition coefficient (Wildman–Crippen LogP) is 1.68. The second kappa shape index (κ2) is 4.96. The highest BCUT2D eigenvalue weighted by Gasteiger charge is 1.73. The molecule has 12 heavy (non-hydrogen) atoms. The normalized spacial score (nSPS) is 8.33. The molecule has 0 bridgehead atoms. The average Bonchev–Trinajstić information content (AvgIpc) is 2.62. The third kappa shape index (κ3) is 3.41. The summed E-state index contributed by atoms with van der Waals surface area (Å²) < 4.78 is 0. The van der Waals surface area contributed by atoms with Crippen LogP contribution in [0.1, 0.15) is 0 Å². The molecule has 2 heterocycles. The lowest BCUT2D eigenvalue weighted by Crippen LogP contribution is -1.81. The number of nitrogens with two attached hydrogens (primary N) is 1. The lowest BCUT2D eigenvalue weighted by atomic mass is 10.4. The molecule has 0 spiro atoms. The Kier molecular flexibility index (Phi) is 3.44. The molecule has 3 nitrogen and oxygen atoms in total. The fourth-order valence-electron chi connectivity index (χ4n) is 0.641. The van der Waals surface area contributed by atoms with Crippen LogP contribution in [0.3, 0.4) is 0 Å². The van der Waals surface area contributed by atoms with E-state index in [2.05, 4.69) is 9.97 Å². The van der Waals surface area contributed by atoms with E-state index in [0.717, 1.165) is 5.69 Å². The number of anilines is 1. The number of H-pyrrole nitrogens is 1. The third-order valence-corrected chi connectivity index (χ3v) is 1.20. The van der Waals surface area contributed by atoms with Crippen LogP contribution < -0.4 is 5.73 Å². The lowest BCUT2D eigenvalue weighted by molar-refractivity contribution is 1.33. The molecule has 0 aliphatic heterocycles. The van der Waals surface area contributed by atoms with E-state index in [1.54, 1.807) is 24.5 Å². The van der Waals surface area contributed by atoms with Crippen LogP contribution in [0.2, 0.25) is 0 Å². The highest BCUT2D eigenvalue weighted by atomic mass is 14.6. The summed E-state index contributed by atoms with van der Waals surface area (Å²) in [5.74, 6) is 0. The van der Waals surface area contributed by atoms with Crippen LogP contribution in [-0.2, 0) is 0 Å². The lowest BCUT2D eigenvalue weighted by Gasteiger charge is -1.83. The van der Waals surface area contributed by atoms with Gasteiger partial charge in [0.1, 0.15) is 0 Å². The summed E-state index contributed by atoms with van der Waals surface area (Å²) >= 11 is 0. The van der Waals surface area contributed by atoms with Gasteiger partial charge in [0.2, 0.25) is 0 Å². The Bertz CT molecular complexity index is 259. The number of nitrogens with zero attached hydrogens (tertiary/aromatic N) is 1. The highest BCUT2D eigenvalue weighted by molar-refractivity contribution is 5.33. The quantitative estimate of drug-likeness (QED) is 0.617. The Morgan fingerprint density at radius 1 is 1.08 bits per heavy atom. The van der Waals surface area contributed by atoms with E-state index in [1.165, 1.54) is 0 Å². The van der Waals surface area contributed by atoms with Gasteiger partial charge in [-0.15, -0.1) is 0 Å². The minimum Gasteiger partial charge on any atom is -0.399 e. The van der Waals surface area contributed by atoms with E-state index in [9.17, 15) is 0 Å². The van der Waals surface area contributed by atoms with E-state index in [1.807, 2.05) is 24.5 Å².